The quantitative estimate of drug-likeness (QED) is 0.379. The first-order valence-electron chi connectivity index (χ1n) is 10.7. The van der Waals surface area contributed by atoms with Crippen molar-refractivity contribution in [1.29, 1.82) is 0 Å². The normalized spacial score (nSPS) is 15.5. The minimum absolute atomic E-state index is 0.217. The van der Waals surface area contributed by atoms with Crippen LogP contribution >= 0.6 is 46.6 Å². The molecule has 1 saturated heterocycles. The van der Waals surface area contributed by atoms with E-state index in [1.807, 2.05) is 24.3 Å². The second kappa shape index (κ2) is 14.7. The van der Waals surface area contributed by atoms with E-state index in [1.165, 1.54) is 10.5 Å². The van der Waals surface area contributed by atoms with Crippen molar-refractivity contribution in [2.24, 2.45) is 0 Å². The molecule has 7 nitrogen and oxygen atoms in total. The Morgan fingerprint density at radius 3 is 2.14 bits per heavy atom. The molecule has 1 aliphatic rings. The maximum absolute atomic E-state index is 9.55. The van der Waals surface area contributed by atoms with Gasteiger partial charge in [-0.1, -0.05) is 46.6 Å². The molecule has 1 heterocycles. The van der Waals surface area contributed by atoms with Crippen LogP contribution in [0.2, 0.25) is 15.1 Å². The van der Waals surface area contributed by atoms with Crippen LogP contribution in [-0.4, -0.2) is 76.4 Å². The van der Waals surface area contributed by atoms with Crippen LogP contribution in [0.15, 0.2) is 58.3 Å². The molecule has 0 amide bonds. The average Bonchev–Trinajstić information content (AvgIpc) is 2.82. The fraction of sp³-hybridized carbons (Fsp3) is 0.333. The number of carboxylic acids is 2. The van der Waals surface area contributed by atoms with Crippen LogP contribution in [0.5, 0.6) is 0 Å². The molecule has 1 unspecified atom stereocenters. The van der Waals surface area contributed by atoms with Gasteiger partial charge in [0.15, 0.2) is 0 Å². The number of hydrogen-bond donors (Lipinski definition) is 3. The van der Waals surface area contributed by atoms with Gasteiger partial charge in [-0.2, -0.15) is 0 Å². The average molecular weight is 562 g/mol. The topological polar surface area (TPSA) is 101 Å². The van der Waals surface area contributed by atoms with Gasteiger partial charge in [-0.05, 0) is 48.9 Å². The third kappa shape index (κ3) is 10.0. The Balaban J connectivity index is 0.000000466. The van der Waals surface area contributed by atoms with E-state index in [2.05, 4.69) is 28.9 Å². The molecule has 0 radical (unpaired) electrons. The number of aliphatic hydroxyl groups excluding tert-OH is 1. The van der Waals surface area contributed by atoms with Gasteiger partial charge in [0.2, 0.25) is 0 Å². The molecule has 0 aromatic heterocycles. The van der Waals surface area contributed by atoms with Gasteiger partial charge >= 0.3 is 11.9 Å². The summed E-state index contributed by atoms with van der Waals surface area (Å²) in [6.07, 6.45) is 1.12. The number of hydrogen-bond acceptors (Lipinski definition) is 6. The number of nitrogens with zero attached hydrogens (tertiary/aromatic N) is 2. The predicted molar refractivity (Wildman–Crippen MR) is 140 cm³/mol. The molecule has 0 bridgehead atoms. The highest BCUT2D eigenvalue weighted by atomic mass is 35.5. The Bertz CT molecular complexity index is 1030. The molecule has 0 aliphatic carbocycles. The van der Waals surface area contributed by atoms with Crippen LogP contribution in [0.1, 0.15) is 18.5 Å². The predicted octanol–water partition coefficient (Wildman–Crippen LogP) is 5.18. The van der Waals surface area contributed by atoms with Gasteiger partial charge in [-0.15, -0.1) is 0 Å². The van der Waals surface area contributed by atoms with Gasteiger partial charge in [0, 0.05) is 65.7 Å². The van der Waals surface area contributed by atoms with Crippen molar-refractivity contribution in [3.8, 4) is 0 Å². The summed E-state index contributed by atoms with van der Waals surface area (Å²) in [5.74, 6) is -2.51. The lowest BCUT2D eigenvalue weighted by atomic mass is 10.1. The SMILES string of the molecule is CC(c1cc(Cl)ccc1Sc1ccc(Cl)c(Cl)c1)N1CCN(CCO)CC1.O=C(O)/C=C\C(=O)O. The summed E-state index contributed by atoms with van der Waals surface area (Å²) < 4.78 is 0. The Labute approximate surface area is 223 Å². The molecular weight excluding hydrogens is 535 g/mol. The molecule has 0 saturated carbocycles. The first-order valence-corrected chi connectivity index (χ1v) is 12.7. The van der Waals surface area contributed by atoms with Crippen molar-refractivity contribution in [2.45, 2.75) is 22.8 Å². The number of halogens is 3. The van der Waals surface area contributed by atoms with Crippen molar-refractivity contribution in [3.05, 3.63) is 69.2 Å². The molecule has 2 aromatic rings. The Morgan fingerprint density at radius 2 is 1.60 bits per heavy atom. The van der Waals surface area contributed by atoms with Crippen molar-refractivity contribution < 1.29 is 24.9 Å². The second-order valence-corrected chi connectivity index (χ2v) is 10.0. The zero-order chi connectivity index (χ0) is 26.0. The van der Waals surface area contributed by atoms with Gasteiger partial charge in [-0.3, -0.25) is 9.80 Å². The summed E-state index contributed by atoms with van der Waals surface area (Å²) in [7, 11) is 0. The van der Waals surface area contributed by atoms with Crippen LogP contribution in [-0.2, 0) is 9.59 Å². The number of carbonyl (C=O) groups is 2. The molecular formula is C24H27Cl3N2O5S. The van der Waals surface area contributed by atoms with Gasteiger partial charge < -0.3 is 15.3 Å². The van der Waals surface area contributed by atoms with Crippen molar-refractivity contribution in [3.63, 3.8) is 0 Å². The third-order valence-corrected chi connectivity index (χ3v) is 7.34. The van der Waals surface area contributed by atoms with Crippen LogP contribution in [0.4, 0.5) is 0 Å². The zero-order valence-electron chi connectivity index (χ0n) is 19.0. The minimum Gasteiger partial charge on any atom is -0.478 e. The number of benzene rings is 2. The highest BCUT2D eigenvalue weighted by Crippen LogP contribution is 2.38. The van der Waals surface area contributed by atoms with Gasteiger partial charge in [0.05, 0.1) is 16.7 Å². The fourth-order valence-corrected chi connectivity index (χ4v) is 5.05. The summed E-state index contributed by atoms with van der Waals surface area (Å²) in [5, 5.41) is 26.6. The summed E-state index contributed by atoms with van der Waals surface area (Å²) >= 11 is 20.2. The maximum Gasteiger partial charge on any atom is 0.328 e. The maximum atomic E-state index is 9.55. The number of aliphatic hydroxyl groups is 1. The summed E-state index contributed by atoms with van der Waals surface area (Å²) in [6.45, 7) is 7.09. The molecule has 2 aromatic carbocycles. The van der Waals surface area contributed by atoms with E-state index < -0.39 is 11.9 Å². The summed E-state index contributed by atoms with van der Waals surface area (Å²) in [6, 6.07) is 12.0. The van der Waals surface area contributed by atoms with Gasteiger partial charge in [-0.25, -0.2) is 9.59 Å². The van der Waals surface area contributed by atoms with E-state index in [-0.39, 0.29) is 12.6 Å². The Hall–Kier alpha value is -1.78. The zero-order valence-corrected chi connectivity index (χ0v) is 22.1. The molecule has 3 rings (SSSR count). The van der Waals surface area contributed by atoms with E-state index >= 15 is 0 Å². The van der Waals surface area contributed by atoms with E-state index in [1.54, 1.807) is 11.8 Å². The highest BCUT2D eigenvalue weighted by Gasteiger charge is 2.24. The fourth-order valence-electron chi connectivity index (χ4n) is 3.46. The molecule has 1 fully saturated rings. The number of carboxylic acid groups (broad SMARTS) is 2. The van der Waals surface area contributed by atoms with E-state index in [9.17, 15) is 9.59 Å². The molecule has 11 heteroatoms. The minimum atomic E-state index is -1.26. The summed E-state index contributed by atoms with van der Waals surface area (Å²) in [5.41, 5.74) is 1.22. The van der Waals surface area contributed by atoms with Crippen LogP contribution < -0.4 is 0 Å². The second-order valence-electron chi connectivity index (χ2n) is 7.65. The van der Waals surface area contributed by atoms with E-state index in [4.69, 9.17) is 50.1 Å². The smallest absolute Gasteiger partial charge is 0.328 e. The van der Waals surface area contributed by atoms with Gasteiger partial charge in [0.25, 0.3) is 0 Å². The van der Waals surface area contributed by atoms with Crippen LogP contribution in [0.3, 0.4) is 0 Å². The largest absolute Gasteiger partial charge is 0.478 e. The molecule has 3 N–H and O–H groups in total. The molecule has 1 atom stereocenters. The number of rotatable bonds is 8. The van der Waals surface area contributed by atoms with Crippen molar-refractivity contribution in [1.82, 2.24) is 9.80 Å². The Kier molecular flexibility index (Phi) is 12.4. The number of aliphatic carboxylic acids is 2. The standard InChI is InChI=1S/C20H23Cl3N2OS.C4H4O4/c1-14(25-8-6-24(7-9-25)10-11-26)17-12-15(21)2-5-20(17)27-16-3-4-18(22)19(23)13-16;5-3(6)1-2-4(7)8/h2-5,12-14,26H,6-11H2,1H3;1-2H,(H,5,6)(H,7,8)/b;2-1-. The third-order valence-electron chi connectivity index (χ3n) is 5.28. The van der Waals surface area contributed by atoms with Crippen LogP contribution in [0, 0.1) is 0 Å². The molecule has 0 spiro atoms. The summed E-state index contributed by atoms with van der Waals surface area (Å²) in [4.78, 5) is 26.1. The Morgan fingerprint density at radius 1 is 0.971 bits per heavy atom. The lowest BCUT2D eigenvalue weighted by molar-refractivity contribution is -0.134. The molecule has 35 heavy (non-hydrogen) atoms. The molecule has 190 valence electrons. The lowest BCUT2D eigenvalue weighted by Crippen LogP contribution is -2.47. The van der Waals surface area contributed by atoms with Crippen LogP contribution in [0.25, 0.3) is 0 Å². The van der Waals surface area contributed by atoms with Gasteiger partial charge in [0.1, 0.15) is 0 Å². The molecule has 1 aliphatic heterocycles. The first kappa shape index (κ1) is 29.5. The van der Waals surface area contributed by atoms with Crippen molar-refractivity contribution in [2.75, 3.05) is 39.3 Å². The lowest BCUT2D eigenvalue weighted by Gasteiger charge is -2.38. The monoisotopic (exact) mass is 560 g/mol. The number of piperazine rings is 1. The number of β-amino-alcohol motifs (C(OH)–C–C–N with tert-alkyl or cyclic N) is 1. The van der Waals surface area contributed by atoms with Crippen molar-refractivity contribution >= 4 is 58.5 Å². The first-order chi connectivity index (χ1) is 16.6. The van der Waals surface area contributed by atoms with E-state index in [0.717, 1.165) is 42.6 Å². The van der Waals surface area contributed by atoms with E-state index in [0.29, 0.717) is 22.2 Å². The highest BCUT2D eigenvalue weighted by molar-refractivity contribution is 7.99.